The number of nitrogens with zero attached hydrogens (tertiary/aromatic N) is 2. The predicted molar refractivity (Wildman–Crippen MR) is 85.1 cm³/mol. The minimum absolute atomic E-state index is 0.0828. The molecule has 0 radical (unpaired) electrons. The average molecular weight is 371 g/mol. The Hall–Kier alpha value is -0.820. The van der Waals surface area contributed by atoms with Gasteiger partial charge in [0.1, 0.15) is 0 Å². The molecule has 0 spiro atoms. The lowest BCUT2D eigenvalue weighted by Gasteiger charge is -2.51. The van der Waals surface area contributed by atoms with Crippen molar-refractivity contribution in [1.29, 1.82) is 0 Å². The molecule has 1 aliphatic carbocycles. The number of hydrogen-bond donors (Lipinski definition) is 1. The molecule has 1 aromatic carbocycles. The fourth-order valence-corrected chi connectivity index (χ4v) is 3.60. The van der Waals surface area contributed by atoms with Crippen LogP contribution in [0.25, 0.3) is 11.0 Å². The van der Waals surface area contributed by atoms with Crippen molar-refractivity contribution in [1.82, 2.24) is 9.55 Å². The van der Waals surface area contributed by atoms with Gasteiger partial charge in [-0.3, -0.25) is 0 Å². The van der Waals surface area contributed by atoms with Crippen LogP contribution in [0, 0.1) is 8.99 Å². The number of ether oxygens (including phenoxy) is 1. The molecule has 19 heavy (non-hydrogen) atoms. The van der Waals surface area contributed by atoms with E-state index in [4.69, 9.17) is 10.5 Å². The normalized spacial score (nSPS) is 25.5. The minimum Gasteiger partial charge on any atom is -0.381 e. The van der Waals surface area contributed by atoms with Gasteiger partial charge in [-0.25, -0.2) is 4.98 Å². The van der Waals surface area contributed by atoms with Gasteiger partial charge in [-0.1, -0.05) is 13.8 Å². The number of nitrogen functional groups attached to an aromatic ring is 1. The predicted octanol–water partition coefficient (Wildman–Crippen LogP) is 3.21. The third kappa shape index (κ3) is 1.86. The average Bonchev–Trinajstić information content (AvgIpc) is 2.64. The number of halogens is 1. The molecule has 2 N–H and O–H groups in total. The zero-order chi connectivity index (χ0) is 13.8. The van der Waals surface area contributed by atoms with Gasteiger partial charge in [0.15, 0.2) is 0 Å². The molecular weight excluding hydrogens is 353 g/mol. The maximum absolute atomic E-state index is 6.13. The zero-order valence-corrected chi connectivity index (χ0v) is 13.5. The number of fused-ring (bicyclic) bond motifs is 1. The van der Waals surface area contributed by atoms with Crippen molar-refractivity contribution in [2.24, 2.45) is 5.41 Å². The maximum Gasteiger partial charge on any atom is 0.201 e. The first-order valence-corrected chi connectivity index (χ1v) is 7.48. The first kappa shape index (κ1) is 13.2. The molecule has 1 fully saturated rings. The van der Waals surface area contributed by atoms with Crippen LogP contribution in [-0.2, 0) is 4.74 Å². The van der Waals surface area contributed by atoms with Gasteiger partial charge in [0, 0.05) is 22.1 Å². The highest BCUT2D eigenvalue weighted by Gasteiger charge is 2.50. The van der Waals surface area contributed by atoms with Crippen molar-refractivity contribution in [2.75, 3.05) is 12.8 Å². The van der Waals surface area contributed by atoms with E-state index in [0.717, 1.165) is 17.5 Å². The van der Waals surface area contributed by atoms with Gasteiger partial charge in [0.05, 0.1) is 17.1 Å². The summed E-state index contributed by atoms with van der Waals surface area (Å²) in [7, 11) is 1.78. The standard InChI is InChI=1S/C14H18IN3O/c1-14(2)11(7-12(14)19-3)18-10-5-4-8(15)6-9(10)17-13(18)16/h4-6,11-12H,7H2,1-3H3,(H2,16,17). The Bertz CT molecular complexity index is 635. The molecule has 2 aromatic rings. The number of anilines is 1. The molecule has 1 heterocycles. The Morgan fingerprint density at radius 1 is 1.47 bits per heavy atom. The molecule has 0 amide bonds. The van der Waals surface area contributed by atoms with E-state index < -0.39 is 0 Å². The van der Waals surface area contributed by atoms with Crippen LogP contribution in [-0.4, -0.2) is 22.8 Å². The highest BCUT2D eigenvalue weighted by molar-refractivity contribution is 14.1. The molecule has 2 unspecified atom stereocenters. The van der Waals surface area contributed by atoms with E-state index in [1.54, 1.807) is 7.11 Å². The minimum atomic E-state index is 0.0828. The number of nitrogens with two attached hydrogens (primary N) is 1. The molecule has 0 saturated heterocycles. The number of imidazole rings is 1. The molecule has 2 atom stereocenters. The summed E-state index contributed by atoms with van der Waals surface area (Å²) < 4.78 is 8.87. The van der Waals surface area contributed by atoms with Crippen LogP contribution >= 0.6 is 22.6 Å². The second-order valence-electron chi connectivity index (χ2n) is 5.77. The first-order chi connectivity index (χ1) is 8.95. The Balaban J connectivity index is 2.09. The highest BCUT2D eigenvalue weighted by Crippen LogP contribution is 2.52. The van der Waals surface area contributed by atoms with Gasteiger partial charge in [0.2, 0.25) is 5.95 Å². The lowest BCUT2D eigenvalue weighted by molar-refractivity contribution is -0.110. The number of hydrogen-bond acceptors (Lipinski definition) is 3. The summed E-state index contributed by atoms with van der Waals surface area (Å²) in [5, 5.41) is 0. The highest BCUT2D eigenvalue weighted by atomic mass is 127. The van der Waals surface area contributed by atoms with Gasteiger partial charge in [-0.2, -0.15) is 0 Å². The van der Waals surface area contributed by atoms with Crippen molar-refractivity contribution in [3.05, 3.63) is 21.8 Å². The lowest BCUT2D eigenvalue weighted by Crippen LogP contribution is -2.51. The van der Waals surface area contributed by atoms with Crippen LogP contribution in [0.15, 0.2) is 18.2 Å². The summed E-state index contributed by atoms with van der Waals surface area (Å²) in [4.78, 5) is 4.49. The van der Waals surface area contributed by atoms with E-state index >= 15 is 0 Å². The van der Waals surface area contributed by atoms with Crippen molar-refractivity contribution < 1.29 is 4.74 Å². The first-order valence-electron chi connectivity index (χ1n) is 6.41. The summed E-state index contributed by atoms with van der Waals surface area (Å²) in [5.41, 5.74) is 8.30. The van der Waals surface area contributed by atoms with E-state index in [0.29, 0.717) is 12.0 Å². The van der Waals surface area contributed by atoms with Crippen LogP contribution in [0.1, 0.15) is 26.3 Å². The molecule has 5 heteroatoms. The molecule has 0 aliphatic heterocycles. The summed E-state index contributed by atoms with van der Waals surface area (Å²) in [6.45, 7) is 4.46. The van der Waals surface area contributed by atoms with E-state index in [-0.39, 0.29) is 11.5 Å². The van der Waals surface area contributed by atoms with Crippen molar-refractivity contribution in [3.63, 3.8) is 0 Å². The summed E-state index contributed by atoms with van der Waals surface area (Å²) in [6, 6.07) is 6.63. The van der Waals surface area contributed by atoms with E-state index in [1.807, 2.05) is 0 Å². The SMILES string of the molecule is COC1CC(n2c(N)nc3cc(I)ccc32)C1(C)C. The van der Waals surface area contributed by atoms with Crippen molar-refractivity contribution in [2.45, 2.75) is 32.4 Å². The number of methoxy groups -OCH3 is 1. The molecule has 102 valence electrons. The van der Waals surface area contributed by atoms with Crippen LogP contribution in [0.5, 0.6) is 0 Å². The van der Waals surface area contributed by atoms with E-state index in [9.17, 15) is 0 Å². The van der Waals surface area contributed by atoms with Crippen LogP contribution in [0.2, 0.25) is 0 Å². The maximum atomic E-state index is 6.13. The molecule has 1 aromatic heterocycles. The zero-order valence-electron chi connectivity index (χ0n) is 11.4. The quantitative estimate of drug-likeness (QED) is 0.825. The van der Waals surface area contributed by atoms with Gasteiger partial charge in [0.25, 0.3) is 0 Å². The molecule has 1 aliphatic rings. The summed E-state index contributed by atoms with van der Waals surface area (Å²) in [6.07, 6.45) is 1.28. The monoisotopic (exact) mass is 371 g/mol. The number of rotatable bonds is 2. The largest absolute Gasteiger partial charge is 0.381 e. The van der Waals surface area contributed by atoms with Gasteiger partial charge < -0.3 is 15.0 Å². The van der Waals surface area contributed by atoms with Gasteiger partial charge in [-0.15, -0.1) is 0 Å². The Kier molecular flexibility index (Phi) is 3.01. The third-order valence-corrected chi connectivity index (χ3v) is 5.07. The third-order valence-electron chi connectivity index (χ3n) is 4.40. The molecule has 4 nitrogen and oxygen atoms in total. The van der Waals surface area contributed by atoms with E-state index in [2.05, 4.69) is 64.2 Å². The summed E-state index contributed by atoms with van der Waals surface area (Å²) >= 11 is 2.30. The Labute approximate surface area is 126 Å². The fraction of sp³-hybridized carbons (Fsp3) is 0.500. The number of aromatic nitrogens is 2. The smallest absolute Gasteiger partial charge is 0.201 e. The summed E-state index contributed by atoms with van der Waals surface area (Å²) in [5.74, 6) is 0.602. The second-order valence-corrected chi connectivity index (χ2v) is 7.02. The molecule has 3 rings (SSSR count). The Morgan fingerprint density at radius 3 is 2.84 bits per heavy atom. The van der Waals surface area contributed by atoms with Crippen LogP contribution in [0.3, 0.4) is 0 Å². The molecule has 0 bridgehead atoms. The van der Waals surface area contributed by atoms with E-state index in [1.165, 1.54) is 3.57 Å². The number of benzene rings is 1. The fourth-order valence-electron chi connectivity index (χ4n) is 3.12. The van der Waals surface area contributed by atoms with Gasteiger partial charge in [-0.05, 0) is 47.2 Å². The van der Waals surface area contributed by atoms with Gasteiger partial charge >= 0.3 is 0 Å². The Morgan fingerprint density at radius 2 is 2.21 bits per heavy atom. The van der Waals surface area contributed by atoms with Crippen molar-refractivity contribution >= 4 is 39.6 Å². The topological polar surface area (TPSA) is 53.1 Å². The molecular formula is C14H18IN3O. The van der Waals surface area contributed by atoms with Crippen molar-refractivity contribution in [3.8, 4) is 0 Å². The second kappa shape index (κ2) is 4.34. The lowest BCUT2D eigenvalue weighted by atomic mass is 9.64. The van der Waals surface area contributed by atoms with Crippen LogP contribution < -0.4 is 5.73 Å². The molecule has 1 saturated carbocycles. The van der Waals surface area contributed by atoms with Crippen LogP contribution in [0.4, 0.5) is 5.95 Å².